The molecule has 1 rings (SSSR count). The van der Waals surface area contributed by atoms with Crippen molar-refractivity contribution in [1.82, 2.24) is 0 Å². The predicted molar refractivity (Wildman–Crippen MR) is 51.5 cm³/mol. The van der Waals surface area contributed by atoms with Crippen molar-refractivity contribution in [3.05, 3.63) is 26.9 Å². The maximum absolute atomic E-state index is 8.30. The van der Waals surface area contributed by atoms with Crippen LogP contribution >= 0.6 is 38.9 Å². The third kappa shape index (κ3) is 2.06. The molecule has 4 heteroatoms. The molecule has 0 fully saturated rings. The molecule has 1 nitrogen and oxygen atoms in total. The molecule has 0 aliphatic carbocycles. The van der Waals surface area contributed by atoms with E-state index >= 15 is 0 Å². The Morgan fingerprint density at radius 2 is 2.55 bits per heavy atom. The molecule has 0 atom stereocenters. The van der Waals surface area contributed by atoms with Gasteiger partial charge in [-0.1, -0.05) is 11.6 Å². The first-order valence-electron chi connectivity index (χ1n) is 2.74. The number of thiophene rings is 1. The predicted octanol–water partition coefficient (Wildman–Crippen LogP) is 3.61. The van der Waals surface area contributed by atoms with Crippen LogP contribution in [0.15, 0.2) is 22.0 Å². The Kier molecular flexibility index (Phi) is 3.13. The van der Waals surface area contributed by atoms with Crippen LogP contribution in [-0.2, 0) is 0 Å². The van der Waals surface area contributed by atoms with Crippen molar-refractivity contribution in [3.63, 3.8) is 0 Å². The van der Waals surface area contributed by atoms with Crippen LogP contribution in [0.3, 0.4) is 0 Å². The minimum Gasteiger partial charge on any atom is -0.193 e. The molecule has 0 bridgehead atoms. The van der Waals surface area contributed by atoms with Crippen molar-refractivity contribution in [3.8, 4) is 6.07 Å². The smallest absolute Gasteiger partial charge is 0.0928 e. The maximum atomic E-state index is 8.30. The van der Waals surface area contributed by atoms with E-state index in [-0.39, 0.29) is 0 Å². The Bertz CT molecular complexity index is 323. The normalized spacial score (nSPS) is 11.2. The van der Waals surface area contributed by atoms with Gasteiger partial charge in [0.1, 0.15) is 0 Å². The van der Waals surface area contributed by atoms with Crippen LogP contribution in [0, 0.1) is 11.3 Å². The van der Waals surface area contributed by atoms with Crippen LogP contribution in [0.1, 0.15) is 4.88 Å². The second kappa shape index (κ2) is 3.91. The highest BCUT2D eigenvalue weighted by atomic mass is 79.9. The summed E-state index contributed by atoms with van der Waals surface area (Å²) in [6.45, 7) is 0. The van der Waals surface area contributed by atoms with Gasteiger partial charge in [-0.05, 0) is 27.4 Å². The van der Waals surface area contributed by atoms with Gasteiger partial charge in [-0.15, -0.1) is 11.3 Å². The minimum absolute atomic E-state index is 0.481. The summed E-state index contributed by atoms with van der Waals surface area (Å²) >= 11 is 10.6. The quantitative estimate of drug-likeness (QED) is 0.697. The highest BCUT2D eigenvalue weighted by Crippen LogP contribution is 2.31. The van der Waals surface area contributed by atoms with Gasteiger partial charge in [-0.25, -0.2) is 0 Å². The zero-order valence-corrected chi connectivity index (χ0v) is 8.50. The summed E-state index contributed by atoms with van der Waals surface area (Å²) in [7, 11) is 0. The molecule has 0 N–H and O–H groups in total. The Balaban J connectivity index is 3.04. The van der Waals surface area contributed by atoms with E-state index < -0.39 is 0 Å². The number of allylic oxidation sites excluding steroid dienone is 1. The number of nitriles is 1. The summed E-state index contributed by atoms with van der Waals surface area (Å²) in [6.07, 6.45) is 1.32. The summed E-state index contributed by atoms with van der Waals surface area (Å²) in [5.74, 6) is 0. The molecular formula is C7H3BrClNS. The first-order chi connectivity index (χ1) is 5.25. The molecule has 0 amide bonds. The molecule has 0 spiro atoms. The van der Waals surface area contributed by atoms with Crippen molar-refractivity contribution in [2.24, 2.45) is 0 Å². The van der Waals surface area contributed by atoms with Crippen LogP contribution < -0.4 is 0 Å². The van der Waals surface area contributed by atoms with E-state index in [1.807, 2.05) is 17.5 Å². The molecule has 0 aliphatic heterocycles. The SMILES string of the molecule is N#CC=C(Cl)c1sccc1Br. The zero-order valence-electron chi connectivity index (χ0n) is 5.34. The second-order valence-corrected chi connectivity index (χ2v) is 3.90. The summed E-state index contributed by atoms with van der Waals surface area (Å²) in [5, 5.41) is 10.7. The van der Waals surface area contributed by atoms with Crippen LogP contribution in [0.5, 0.6) is 0 Å². The molecular weight excluding hydrogens is 246 g/mol. The molecule has 1 aromatic rings. The number of rotatable bonds is 1. The van der Waals surface area contributed by atoms with Crippen molar-refractivity contribution in [2.75, 3.05) is 0 Å². The lowest BCUT2D eigenvalue weighted by Gasteiger charge is -1.90. The Hall–Kier alpha value is -0.300. The summed E-state index contributed by atoms with van der Waals surface area (Å²) in [6, 6.07) is 3.77. The third-order valence-electron chi connectivity index (χ3n) is 1.03. The first kappa shape index (κ1) is 8.79. The van der Waals surface area contributed by atoms with E-state index in [1.54, 1.807) is 0 Å². The second-order valence-electron chi connectivity index (χ2n) is 1.72. The molecule has 1 heterocycles. The molecule has 56 valence electrons. The fraction of sp³-hybridized carbons (Fsp3) is 0. The molecule has 0 radical (unpaired) electrons. The molecule has 0 unspecified atom stereocenters. The monoisotopic (exact) mass is 247 g/mol. The van der Waals surface area contributed by atoms with E-state index in [9.17, 15) is 0 Å². The van der Waals surface area contributed by atoms with Gasteiger partial charge in [0, 0.05) is 10.5 Å². The molecule has 0 aromatic carbocycles. The Morgan fingerprint density at radius 3 is 3.00 bits per heavy atom. The van der Waals surface area contributed by atoms with E-state index in [2.05, 4.69) is 15.9 Å². The van der Waals surface area contributed by atoms with Crippen molar-refractivity contribution in [2.45, 2.75) is 0 Å². The van der Waals surface area contributed by atoms with E-state index in [0.29, 0.717) is 5.03 Å². The fourth-order valence-electron chi connectivity index (χ4n) is 0.586. The summed E-state index contributed by atoms with van der Waals surface area (Å²) in [4.78, 5) is 0.896. The highest BCUT2D eigenvalue weighted by Gasteiger charge is 2.03. The van der Waals surface area contributed by atoms with Crippen LogP contribution in [0.2, 0.25) is 0 Å². The fourth-order valence-corrected chi connectivity index (χ4v) is 2.48. The van der Waals surface area contributed by atoms with E-state index in [4.69, 9.17) is 16.9 Å². The van der Waals surface area contributed by atoms with E-state index in [1.165, 1.54) is 17.4 Å². The highest BCUT2D eigenvalue weighted by molar-refractivity contribution is 9.10. The van der Waals surface area contributed by atoms with Crippen molar-refractivity contribution in [1.29, 1.82) is 5.26 Å². The van der Waals surface area contributed by atoms with Crippen molar-refractivity contribution < 1.29 is 0 Å². The lowest BCUT2D eigenvalue weighted by Crippen LogP contribution is -1.67. The summed E-state index contributed by atoms with van der Waals surface area (Å²) in [5.41, 5.74) is 0. The number of hydrogen-bond acceptors (Lipinski definition) is 2. The average Bonchev–Trinajstić information content (AvgIpc) is 2.36. The largest absolute Gasteiger partial charge is 0.193 e. The van der Waals surface area contributed by atoms with E-state index in [0.717, 1.165) is 9.35 Å². The van der Waals surface area contributed by atoms with Gasteiger partial charge in [0.15, 0.2) is 0 Å². The topological polar surface area (TPSA) is 23.8 Å². The molecule has 11 heavy (non-hydrogen) atoms. The average molecular weight is 249 g/mol. The number of hydrogen-bond donors (Lipinski definition) is 0. The summed E-state index contributed by atoms with van der Waals surface area (Å²) < 4.78 is 0.930. The minimum atomic E-state index is 0.481. The lowest BCUT2D eigenvalue weighted by molar-refractivity contribution is 1.54. The van der Waals surface area contributed by atoms with Gasteiger partial charge in [0.2, 0.25) is 0 Å². The molecule has 0 saturated carbocycles. The van der Waals surface area contributed by atoms with Crippen molar-refractivity contribution >= 4 is 43.9 Å². The Labute approximate surface area is 82.0 Å². The maximum Gasteiger partial charge on any atom is 0.0928 e. The zero-order chi connectivity index (χ0) is 8.27. The van der Waals surface area contributed by atoms with Crippen LogP contribution in [-0.4, -0.2) is 0 Å². The van der Waals surface area contributed by atoms with Gasteiger partial charge in [0.25, 0.3) is 0 Å². The molecule has 1 aromatic heterocycles. The molecule has 0 aliphatic rings. The van der Waals surface area contributed by atoms with Crippen LogP contribution in [0.25, 0.3) is 5.03 Å². The van der Waals surface area contributed by atoms with Gasteiger partial charge in [-0.3, -0.25) is 0 Å². The van der Waals surface area contributed by atoms with Gasteiger partial charge in [-0.2, -0.15) is 5.26 Å². The number of nitrogens with zero attached hydrogens (tertiary/aromatic N) is 1. The lowest BCUT2D eigenvalue weighted by atomic mass is 10.4. The van der Waals surface area contributed by atoms with Gasteiger partial charge >= 0.3 is 0 Å². The van der Waals surface area contributed by atoms with Crippen LogP contribution in [0.4, 0.5) is 0 Å². The Morgan fingerprint density at radius 1 is 1.82 bits per heavy atom. The first-order valence-corrected chi connectivity index (χ1v) is 4.79. The molecule has 0 saturated heterocycles. The van der Waals surface area contributed by atoms with Gasteiger partial charge in [0.05, 0.1) is 16.0 Å². The standard InChI is InChI=1S/C7H3BrClNS/c8-5-2-4-11-7(5)6(9)1-3-10/h1-2,4H. The van der Waals surface area contributed by atoms with Gasteiger partial charge < -0.3 is 0 Å². The number of halogens is 2. The third-order valence-corrected chi connectivity index (χ3v) is 3.31.